The van der Waals surface area contributed by atoms with Crippen molar-refractivity contribution in [2.45, 2.75) is 6.54 Å². The number of esters is 1. The van der Waals surface area contributed by atoms with E-state index in [1.54, 1.807) is 24.3 Å². The Kier molecular flexibility index (Phi) is 4.79. The number of para-hydroxylation sites is 1. The molecular formula is C19H17FN2O3. The third-order valence-electron chi connectivity index (χ3n) is 3.87. The molecule has 0 saturated carbocycles. The molecule has 0 aliphatic rings. The molecule has 1 heterocycles. The Balaban J connectivity index is 1.57. The van der Waals surface area contributed by atoms with Crippen LogP contribution in [0.3, 0.4) is 0 Å². The smallest absolute Gasteiger partial charge is 0.355 e. The van der Waals surface area contributed by atoms with Crippen LogP contribution in [0, 0.1) is 5.82 Å². The zero-order valence-corrected chi connectivity index (χ0v) is 13.7. The summed E-state index contributed by atoms with van der Waals surface area (Å²) in [5.74, 6) is -1.39. The van der Waals surface area contributed by atoms with E-state index >= 15 is 0 Å². The lowest BCUT2D eigenvalue weighted by Gasteiger charge is -2.17. The second kappa shape index (κ2) is 7.17. The van der Waals surface area contributed by atoms with E-state index < -0.39 is 18.5 Å². The Labute approximate surface area is 144 Å². The van der Waals surface area contributed by atoms with Crippen LogP contribution in [0.25, 0.3) is 10.9 Å². The van der Waals surface area contributed by atoms with Gasteiger partial charge in [-0.15, -0.1) is 0 Å². The maximum atomic E-state index is 13.6. The fraction of sp³-hybridized carbons (Fsp3) is 0.158. The van der Waals surface area contributed by atoms with Gasteiger partial charge in [0, 0.05) is 30.1 Å². The number of nitrogens with zero attached hydrogens (tertiary/aromatic N) is 1. The van der Waals surface area contributed by atoms with Crippen LogP contribution in [0.15, 0.2) is 54.6 Å². The normalized spacial score (nSPS) is 10.6. The summed E-state index contributed by atoms with van der Waals surface area (Å²) in [6.45, 7) is -0.297. The van der Waals surface area contributed by atoms with Crippen molar-refractivity contribution in [3.05, 3.63) is 71.7 Å². The predicted molar refractivity (Wildman–Crippen MR) is 91.5 cm³/mol. The zero-order chi connectivity index (χ0) is 17.8. The van der Waals surface area contributed by atoms with Crippen molar-refractivity contribution >= 4 is 22.8 Å². The second-order valence-electron chi connectivity index (χ2n) is 5.69. The first kappa shape index (κ1) is 16.7. The molecular weight excluding hydrogens is 323 g/mol. The summed E-state index contributed by atoms with van der Waals surface area (Å²) < 4.78 is 18.7. The molecule has 0 spiro atoms. The number of halogens is 1. The van der Waals surface area contributed by atoms with Gasteiger partial charge >= 0.3 is 5.97 Å². The van der Waals surface area contributed by atoms with Crippen molar-refractivity contribution in [1.82, 2.24) is 9.88 Å². The topological polar surface area (TPSA) is 62.4 Å². The molecule has 1 amide bonds. The molecule has 0 fully saturated rings. The average Bonchev–Trinajstić information content (AvgIpc) is 3.05. The number of hydrogen-bond donors (Lipinski definition) is 1. The quantitative estimate of drug-likeness (QED) is 0.726. The maximum absolute atomic E-state index is 13.6. The number of aromatic amines is 1. The summed E-state index contributed by atoms with van der Waals surface area (Å²) >= 11 is 0. The molecule has 6 heteroatoms. The molecule has 0 radical (unpaired) electrons. The van der Waals surface area contributed by atoms with Gasteiger partial charge in [0.1, 0.15) is 11.5 Å². The predicted octanol–water partition coefficient (Wildman–Crippen LogP) is 3.12. The van der Waals surface area contributed by atoms with Crippen LogP contribution in [-0.2, 0) is 16.1 Å². The molecule has 0 atom stereocenters. The number of H-pyrrole nitrogens is 1. The molecule has 1 N–H and O–H groups in total. The molecule has 0 aliphatic heterocycles. The molecule has 1 aromatic heterocycles. The molecule has 0 unspecified atom stereocenters. The van der Waals surface area contributed by atoms with Crippen LogP contribution in [0.1, 0.15) is 16.1 Å². The van der Waals surface area contributed by atoms with E-state index in [0.717, 1.165) is 10.9 Å². The van der Waals surface area contributed by atoms with Gasteiger partial charge in [0.05, 0.1) is 0 Å². The van der Waals surface area contributed by atoms with Crippen LogP contribution in [0.5, 0.6) is 0 Å². The number of rotatable bonds is 5. The highest BCUT2D eigenvalue weighted by Gasteiger charge is 2.16. The van der Waals surface area contributed by atoms with Gasteiger partial charge in [0.2, 0.25) is 0 Å². The maximum Gasteiger partial charge on any atom is 0.355 e. The highest BCUT2D eigenvalue weighted by molar-refractivity contribution is 5.95. The SMILES string of the molecule is CN(Cc1ccccc1F)C(=O)COC(=O)c1cc2ccccc2[nH]1. The van der Waals surface area contributed by atoms with Gasteiger partial charge in [0.15, 0.2) is 6.61 Å². The molecule has 0 bridgehead atoms. The lowest BCUT2D eigenvalue weighted by atomic mass is 10.2. The summed E-state index contributed by atoms with van der Waals surface area (Å²) in [5, 5.41) is 0.887. The Hall–Kier alpha value is -3.15. The Morgan fingerprint density at radius 3 is 2.60 bits per heavy atom. The van der Waals surface area contributed by atoms with Crippen molar-refractivity contribution in [1.29, 1.82) is 0 Å². The van der Waals surface area contributed by atoms with Gasteiger partial charge in [-0.05, 0) is 18.2 Å². The number of carbonyl (C=O) groups excluding carboxylic acids is 2. The Morgan fingerprint density at radius 2 is 1.84 bits per heavy atom. The van der Waals surface area contributed by atoms with E-state index in [1.807, 2.05) is 24.3 Å². The largest absolute Gasteiger partial charge is 0.451 e. The van der Waals surface area contributed by atoms with Gasteiger partial charge in [0.25, 0.3) is 5.91 Å². The molecule has 25 heavy (non-hydrogen) atoms. The van der Waals surface area contributed by atoms with E-state index in [2.05, 4.69) is 4.98 Å². The van der Waals surface area contributed by atoms with Crippen molar-refractivity contribution in [3.63, 3.8) is 0 Å². The number of fused-ring (bicyclic) bond motifs is 1. The van der Waals surface area contributed by atoms with E-state index in [9.17, 15) is 14.0 Å². The third-order valence-corrected chi connectivity index (χ3v) is 3.87. The van der Waals surface area contributed by atoms with Crippen LogP contribution < -0.4 is 0 Å². The summed E-state index contributed by atoms with van der Waals surface area (Å²) in [6.07, 6.45) is 0. The molecule has 0 saturated heterocycles. The van der Waals surface area contributed by atoms with Crippen molar-refractivity contribution in [2.24, 2.45) is 0 Å². The van der Waals surface area contributed by atoms with Crippen LogP contribution in [0.4, 0.5) is 4.39 Å². The number of nitrogens with one attached hydrogen (secondary N) is 1. The number of carbonyl (C=O) groups is 2. The van der Waals surface area contributed by atoms with Crippen molar-refractivity contribution < 1.29 is 18.7 Å². The molecule has 3 aromatic rings. The summed E-state index contributed by atoms with van der Waals surface area (Å²) in [6, 6.07) is 15.3. The highest BCUT2D eigenvalue weighted by atomic mass is 19.1. The summed E-state index contributed by atoms with van der Waals surface area (Å²) in [7, 11) is 1.53. The fourth-order valence-electron chi connectivity index (χ4n) is 2.47. The van der Waals surface area contributed by atoms with E-state index in [0.29, 0.717) is 5.56 Å². The number of ether oxygens (including phenoxy) is 1. The molecule has 3 rings (SSSR count). The van der Waals surface area contributed by atoms with Crippen molar-refractivity contribution in [3.8, 4) is 0 Å². The minimum absolute atomic E-state index is 0.107. The minimum Gasteiger partial charge on any atom is -0.451 e. The number of benzene rings is 2. The first-order chi connectivity index (χ1) is 12.0. The molecule has 0 aliphatic carbocycles. The Morgan fingerprint density at radius 1 is 1.12 bits per heavy atom. The third kappa shape index (κ3) is 3.85. The molecule has 2 aromatic carbocycles. The monoisotopic (exact) mass is 340 g/mol. The van der Waals surface area contributed by atoms with E-state index in [1.165, 1.54) is 18.0 Å². The molecule has 128 valence electrons. The minimum atomic E-state index is -0.608. The summed E-state index contributed by atoms with van der Waals surface area (Å²) in [5.41, 5.74) is 1.50. The number of hydrogen-bond acceptors (Lipinski definition) is 3. The van der Waals surface area contributed by atoms with E-state index in [-0.39, 0.29) is 18.1 Å². The zero-order valence-electron chi connectivity index (χ0n) is 13.7. The standard InChI is InChI=1S/C19H17FN2O3/c1-22(11-14-7-2-4-8-15(14)20)18(23)12-25-19(24)17-10-13-6-3-5-9-16(13)21-17/h2-10,21H,11-12H2,1H3. The van der Waals surface area contributed by atoms with Crippen molar-refractivity contribution in [2.75, 3.05) is 13.7 Å². The average molecular weight is 340 g/mol. The second-order valence-corrected chi connectivity index (χ2v) is 5.69. The van der Waals surface area contributed by atoms with Gasteiger partial charge in [-0.25, -0.2) is 9.18 Å². The van der Waals surface area contributed by atoms with E-state index in [4.69, 9.17) is 4.74 Å². The number of amides is 1. The van der Waals surface area contributed by atoms with Gasteiger partial charge in [-0.1, -0.05) is 36.4 Å². The first-order valence-corrected chi connectivity index (χ1v) is 7.77. The van der Waals surface area contributed by atoms with Crippen LogP contribution in [0.2, 0.25) is 0 Å². The first-order valence-electron chi connectivity index (χ1n) is 7.77. The number of aromatic nitrogens is 1. The van der Waals surface area contributed by atoms with Gasteiger partial charge < -0.3 is 14.6 Å². The summed E-state index contributed by atoms with van der Waals surface area (Å²) in [4.78, 5) is 28.4. The highest BCUT2D eigenvalue weighted by Crippen LogP contribution is 2.15. The van der Waals surface area contributed by atoms with Crippen LogP contribution >= 0.6 is 0 Å². The van der Waals surface area contributed by atoms with Gasteiger partial charge in [-0.3, -0.25) is 4.79 Å². The van der Waals surface area contributed by atoms with Gasteiger partial charge in [-0.2, -0.15) is 0 Å². The lowest BCUT2D eigenvalue weighted by molar-refractivity contribution is -0.133. The van der Waals surface area contributed by atoms with Crippen LogP contribution in [-0.4, -0.2) is 35.4 Å². The Bertz CT molecular complexity index is 887. The lowest BCUT2D eigenvalue weighted by Crippen LogP contribution is -2.31. The fourth-order valence-corrected chi connectivity index (χ4v) is 2.47. The number of likely N-dealkylation sites (N-methyl/N-ethyl adjacent to an activating group) is 1. The molecule has 5 nitrogen and oxygen atoms in total.